The van der Waals surface area contributed by atoms with E-state index in [1.54, 1.807) is 24.6 Å². The average molecular weight is 302 g/mol. The average Bonchev–Trinajstić information content (AvgIpc) is 3.01. The summed E-state index contributed by atoms with van der Waals surface area (Å²) in [5, 5.41) is 2.96. The van der Waals surface area contributed by atoms with E-state index in [4.69, 9.17) is 4.42 Å². The van der Waals surface area contributed by atoms with E-state index in [1.807, 2.05) is 50.1 Å². The molecule has 0 aromatic carbocycles. The molecule has 1 amide bonds. The molecule has 2 heterocycles. The Labute approximate surface area is 130 Å². The molecule has 0 radical (unpaired) electrons. The fourth-order valence-electron chi connectivity index (χ4n) is 2.23. The summed E-state index contributed by atoms with van der Waals surface area (Å²) < 4.78 is 5.44. The Morgan fingerprint density at radius 2 is 2.05 bits per heavy atom. The normalized spacial score (nSPS) is 12.2. The molecule has 0 bridgehead atoms. The predicted octanol–water partition coefficient (Wildman–Crippen LogP) is 1.77. The molecule has 2 aromatic rings. The smallest absolute Gasteiger partial charge is 0.255 e. The molecule has 0 fully saturated rings. The zero-order chi connectivity index (χ0) is 16.1. The Kier molecular flexibility index (Phi) is 5.16. The highest BCUT2D eigenvalue weighted by Gasteiger charge is 2.20. The molecule has 118 valence electrons. The quantitative estimate of drug-likeness (QED) is 0.881. The van der Waals surface area contributed by atoms with Crippen LogP contribution < -0.4 is 10.2 Å². The van der Waals surface area contributed by atoms with Crippen LogP contribution in [0.5, 0.6) is 0 Å². The summed E-state index contributed by atoms with van der Waals surface area (Å²) in [5.41, 5.74) is 0.560. The van der Waals surface area contributed by atoms with Gasteiger partial charge in [-0.15, -0.1) is 0 Å². The lowest BCUT2D eigenvalue weighted by Gasteiger charge is -2.23. The van der Waals surface area contributed by atoms with Crippen LogP contribution in [0.4, 0.5) is 5.82 Å². The molecular weight excluding hydrogens is 280 g/mol. The first-order chi connectivity index (χ1) is 10.5. The second-order valence-electron chi connectivity index (χ2n) is 5.47. The third-order valence-corrected chi connectivity index (χ3v) is 3.41. The van der Waals surface area contributed by atoms with Crippen molar-refractivity contribution in [2.24, 2.45) is 0 Å². The largest absolute Gasteiger partial charge is 0.468 e. The van der Waals surface area contributed by atoms with Crippen LogP contribution in [0.15, 0.2) is 41.1 Å². The molecule has 1 unspecified atom stereocenters. The summed E-state index contributed by atoms with van der Waals surface area (Å²) in [6.07, 6.45) is 3.32. The van der Waals surface area contributed by atoms with E-state index in [-0.39, 0.29) is 11.9 Å². The summed E-state index contributed by atoms with van der Waals surface area (Å²) >= 11 is 0. The van der Waals surface area contributed by atoms with Crippen LogP contribution >= 0.6 is 0 Å². The predicted molar refractivity (Wildman–Crippen MR) is 86.0 cm³/mol. The maximum absolute atomic E-state index is 12.4. The Morgan fingerprint density at radius 3 is 2.64 bits per heavy atom. The highest BCUT2D eigenvalue weighted by atomic mass is 16.3. The molecule has 6 heteroatoms. The minimum Gasteiger partial charge on any atom is -0.468 e. The molecule has 1 N–H and O–H groups in total. The van der Waals surface area contributed by atoms with Crippen LogP contribution in [0.25, 0.3) is 0 Å². The highest BCUT2D eigenvalue weighted by molar-refractivity contribution is 5.98. The van der Waals surface area contributed by atoms with Crippen LogP contribution in [-0.2, 0) is 0 Å². The van der Waals surface area contributed by atoms with Gasteiger partial charge in [0.05, 0.1) is 17.9 Å². The second-order valence-corrected chi connectivity index (χ2v) is 5.47. The first-order valence-electron chi connectivity index (χ1n) is 7.11. The van der Waals surface area contributed by atoms with Gasteiger partial charge in [0.1, 0.15) is 11.6 Å². The van der Waals surface area contributed by atoms with Crippen molar-refractivity contribution in [3.63, 3.8) is 0 Å². The molecule has 0 aliphatic carbocycles. The fraction of sp³-hybridized carbons (Fsp3) is 0.375. The molecule has 0 aliphatic rings. The number of pyridine rings is 1. The third-order valence-electron chi connectivity index (χ3n) is 3.41. The van der Waals surface area contributed by atoms with Gasteiger partial charge in [0, 0.05) is 26.8 Å². The molecule has 0 aliphatic heterocycles. The SMILES string of the molecule is CN(C)c1ncccc1C(=O)NCC(c1ccco1)N(C)C. The zero-order valence-corrected chi connectivity index (χ0v) is 13.4. The fourth-order valence-corrected chi connectivity index (χ4v) is 2.23. The second kappa shape index (κ2) is 7.09. The van der Waals surface area contributed by atoms with Gasteiger partial charge in [0.15, 0.2) is 0 Å². The monoisotopic (exact) mass is 302 g/mol. The van der Waals surface area contributed by atoms with Crippen LogP contribution in [0, 0.1) is 0 Å². The van der Waals surface area contributed by atoms with E-state index >= 15 is 0 Å². The van der Waals surface area contributed by atoms with Gasteiger partial charge >= 0.3 is 0 Å². The molecule has 2 aromatic heterocycles. The molecule has 0 saturated heterocycles. The lowest BCUT2D eigenvalue weighted by molar-refractivity contribution is 0.0939. The van der Waals surface area contributed by atoms with Crippen molar-refractivity contribution < 1.29 is 9.21 Å². The summed E-state index contributed by atoms with van der Waals surface area (Å²) in [7, 11) is 7.64. The minimum atomic E-state index is -0.143. The van der Waals surface area contributed by atoms with Gasteiger partial charge in [-0.1, -0.05) is 0 Å². The molecule has 6 nitrogen and oxygen atoms in total. The van der Waals surface area contributed by atoms with Gasteiger partial charge < -0.3 is 14.6 Å². The lowest BCUT2D eigenvalue weighted by Crippen LogP contribution is -2.35. The Hall–Kier alpha value is -2.34. The highest BCUT2D eigenvalue weighted by Crippen LogP contribution is 2.19. The molecule has 1 atom stereocenters. The van der Waals surface area contributed by atoms with Crippen molar-refractivity contribution in [3.05, 3.63) is 48.0 Å². The summed E-state index contributed by atoms with van der Waals surface area (Å²) in [6, 6.07) is 7.27. The lowest BCUT2D eigenvalue weighted by atomic mass is 10.2. The number of hydrogen-bond donors (Lipinski definition) is 1. The van der Waals surface area contributed by atoms with Gasteiger partial charge in [-0.3, -0.25) is 9.69 Å². The van der Waals surface area contributed by atoms with Crippen molar-refractivity contribution >= 4 is 11.7 Å². The van der Waals surface area contributed by atoms with Crippen LogP contribution in [0.2, 0.25) is 0 Å². The topological polar surface area (TPSA) is 61.6 Å². The van der Waals surface area contributed by atoms with Crippen molar-refractivity contribution in [2.75, 3.05) is 39.6 Å². The third kappa shape index (κ3) is 3.65. The minimum absolute atomic E-state index is 0.0153. The summed E-state index contributed by atoms with van der Waals surface area (Å²) in [4.78, 5) is 20.5. The molecule has 0 saturated carbocycles. The first-order valence-corrected chi connectivity index (χ1v) is 7.11. The Bertz CT molecular complexity index is 608. The van der Waals surface area contributed by atoms with E-state index < -0.39 is 0 Å². The number of likely N-dealkylation sites (N-methyl/N-ethyl adjacent to an activating group) is 1. The number of rotatable bonds is 6. The number of hydrogen-bond acceptors (Lipinski definition) is 5. The van der Waals surface area contributed by atoms with Crippen molar-refractivity contribution in [3.8, 4) is 0 Å². The van der Waals surface area contributed by atoms with Crippen molar-refractivity contribution in [1.29, 1.82) is 0 Å². The molecule has 2 rings (SSSR count). The van der Waals surface area contributed by atoms with Gasteiger partial charge in [-0.25, -0.2) is 4.98 Å². The van der Waals surface area contributed by atoms with E-state index in [9.17, 15) is 4.79 Å². The summed E-state index contributed by atoms with van der Waals surface area (Å²) in [5.74, 6) is 1.33. The van der Waals surface area contributed by atoms with Crippen molar-refractivity contribution in [1.82, 2.24) is 15.2 Å². The van der Waals surface area contributed by atoms with Gasteiger partial charge in [-0.2, -0.15) is 0 Å². The number of anilines is 1. The maximum atomic E-state index is 12.4. The molecule has 0 spiro atoms. The Morgan fingerprint density at radius 1 is 1.27 bits per heavy atom. The maximum Gasteiger partial charge on any atom is 0.255 e. The van der Waals surface area contributed by atoms with Gasteiger partial charge in [0.2, 0.25) is 0 Å². The number of carbonyl (C=O) groups excluding carboxylic acids is 1. The number of carbonyl (C=O) groups is 1. The van der Waals surface area contributed by atoms with Crippen LogP contribution in [0.1, 0.15) is 22.2 Å². The van der Waals surface area contributed by atoms with Crippen LogP contribution in [-0.4, -0.2) is 50.5 Å². The Balaban J connectivity index is 2.09. The number of nitrogens with one attached hydrogen (secondary N) is 1. The number of aromatic nitrogens is 1. The first kappa shape index (κ1) is 16.0. The van der Waals surface area contributed by atoms with E-state index in [1.165, 1.54) is 0 Å². The molecular formula is C16H22N4O2. The van der Waals surface area contributed by atoms with E-state index in [0.29, 0.717) is 17.9 Å². The van der Waals surface area contributed by atoms with E-state index in [0.717, 1.165) is 5.76 Å². The van der Waals surface area contributed by atoms with Gasteiger partial charge in [-0.05, 0) is 38.4 Å². The molecule has 22 heavy (non-hydrogen) atoms. The zero-order valence-electron chi connectivity index (χ0n) is 13.4. The van der Waals surface area contributed by atoms with Crippen LogP contribution in [0.3, 0.4) is 0 Å². The van der Waals surface area contributed by atoms with Crippen molar-refractivity contribution in [2.45, 2.75) is 6.04 Å². The number of furan rings is 1. The number of amides is 1. The standard InChI is InChI=1S/C16H22N4O2/c1-19(2)13(14-8-6-10-22-14)11-18-16(21)12-7-5-9-17-15(12)20(3)4/h5-10,13H,11H2,1-4H3,(H,18,21). The number of nitrogens with zero attached hydrogens (tertiary/aromatic N) is 3. The van der Waals surface area contributed by atoms with Gasteiger partial charge in [0.25, 0.3) is 5.91 Å². The van der Waals surface area contributed by atoms with E-state index in [2.05, 4.69) is 10.3 Å². The summed E-state index contributed by atoms with van der Waals surface area (Å²) in [6.45, 7) is 0.459.